The molecule has 0 spiro atoms. The van der Waals surface area contributed by atoms with Crippen LogP contribution in [0.5, 0.6) is 0 Å². The Morgan fingerprint density at radius 1 is 1.18 bits per heavy atom. The summed E-state index contributed by atoms with van der Waals surface area (Å²) in [5.74, 6) is 1.84. The lowest BCUT2D eigenvalue weighted by Gasteiger charge is -2.10. The zero-order chi connectivity index (χ0) is 23.5. The maximum atomic E-state index is 14.9. The molecular formula is C24H22FN7O. The molecule has 8 nitrogen and oxygen atoms in total. The van der Waals surface area contributed by atoms with Gasteiger partial charge < -0.3 is 10.5 Å². The van der Waals surface area contributed by atoms with Crippen molar-refractivity contribution in [3.63, 3.8) is 0 Å². The average molecular weight is 443 g/mol. The zero-order valence-electron chi connectivity index (χ0n) is 18.5. The van der Waals surface area contributed by atoms with Gasteiger partial charge in [-0.15, -0.1) is 11.5 Å². The Morgan fingerprint density at radius 3 is 2.73 bits per heavy atom. The number of ether oxygens (including phenoxy) is 1. The van der Waals surface area contributed by atoms with E-state index in [1.807, 2.05) is 44.2 Å². The number of aromatic nitrogens is 6. The first-order valence-electron chi connectivity index (χ1n) is 10.2. The van der Waals surface area contributed by atoms with Crippen molar-refractivity contribution in [1.29, 1.82) is 0 Å². The molecule has 9 heteroatoms. The van der Waals surface area contributed by atoms with E-state index in [2.05, 4.69) is 31.2 Å². The van der Waals surface area contributed by atoms with Gasteiger partial charge in [0.05, 0.1) is 30.2 Å². The summed E-state index contributed by atoms with van der Waals surface area (Å²) < 4.78 is 21.7. The number of nitrogens with two attached hydrogens (primary N) is 1. The highest BCUT2D eigenvalue weighted by Gasteiger charge is 2.19. The lowest BCUT2D eigenvalue weighted by molar-refractivity contribution is 0.116. The number of benzene rings is 1. The molecule has 0 aliphatic heterocycles. The number of methoxy groups -OCH3 is 1. The summed E-state index contributed by atoms with van der Waals surface area (Å²) in [5.41, 5.74) is 9.79. The van der Waals surface area contributed by atoms with Gasteiger partial charge in [0.2, 0.25) is 0 Å². The second kappa shape index (κ2) is 9.14. The van der Waals surface area contributed by atoms with Gasteiger partial charge in [-0.25, -0.2) is 19.0 Å². The van der Waals surface area contributed by atoms with Crippen LogP contribution in [0.15, 0.2) is 42.6 Å². The molecule has 0 aliphatic carbocycles. The fraction of sp³-hybridized carbons (Fsp3) is 0.208. The maximum absolute atomic E-state index is 14.9. The summed E-state index contributed by atoms with van der Waals surface area (Å²) in [6.07, 6.45) is 7.02. The molecule has 1 aromatic carbocycles. The number of nitrogen functional groups attached to an aromatic ring is 1. The molecule has 0 bridgehead atoms. The van der Waals surface area contributed by atoms with Crippen molar-refractivity contribution in [2.24, 2.45) is 0 Å². The third kappa shape index (κ3) is 4.42. The first kappa shape index (κ1) is 22.0. The lowest BCUT2D eigenvalue weighted by Crippen LogP contribution is -2.06. The van der Waals surface area contributed by atoms with Crippen molar-refractivity contribution in [1.82, 2.24) is 29.9 Å². The number of anilines is 1. The van der Waals surface area contributed by atoms with Crippen LogP contribution < -0.4 is 5.73 Å². The molecule has 0 aliphatic rings. The Hall–Kier alpha value is -4.16. The van der Waals surface area contributed by atoms with E-state index in [4.69, 9.17) is 16.9 Å². The molecule has 2 N–H and O–H groups in total. The van der Waals surface area contributed by atoms with Crippen molar-refractivity contribution in [2.45, 2.75) is 26.5 Å². The molecule has 0 amide bonds. The van der Waals surface area contributed by atoms with Gasteiger partial charge in [0, 0.05) is 18.2 Å². The molecular weight excluding hydrogens is 421 g/mol. The quantitative estimate of drug-likeness (QED) is 0.454. The van der Waals surface area contributed by atoms with E-state index in [0.29, 0.717) is 17.7 Å². The predicted octanol–water partition coefficient (Wildman–Crippen LogP) is 3.56. The number of hydrogen-bond donors (Lipinski definition) is 1. The van der Waals surface area contributed by atoms with Gasteiger partial charge in [-0.2, -0.15) is 0 Å². The summed E-state index contributed by atoms with van der Waals surface area (Å²) in [4.78, 5) is 13.1. The molecule has 0 saturated heterocycles. The fourth-order valence-corrected chi connectivity index (χ4v) is 3.37. The molecule has 33 heavy (non-hydrogen) atoms. The number of nitrogens with zero attached hydrogens (tertiary/aromatic N) is 6. The molecule has 4 aromatic rings. The molecule has 0 saturated carbocycles. The Morgan fingerprint density at radius 2 is 1.97 bits per heavy atom. The van der Waals surface area contributed by atoms with Crippen LogP contribution >= 0.6 is 0 Å². The van der Waals surface area contributed by atoms with Crippen LogP contribution in [0.25, 0.3) is 22.8 Å². The standard InChI is InChI=1S/C24H22FN7O/c1-5-16-8-6-10-18(14(16)2)24-28-22(21(25)23(26)29-24)20-13-32(31-30-20)12-17-9-7-11-19(27-17)15(3)33-4/h1,6-11,13,15H,12H2,2-4H3,(H2,26,28,29). The van der Waals surface area contributed by atoms with Crippen LogP contribution in [0, 0.1) is 25.1 Å². The highest BCUT2D eigenvalue weighted by Crippen LogP contribution is 2.28. The van der Waals surface area contributed by atoms with Crippen LogP contribution in [-0.4, -0.2) is 37.1 Å². The monoisotopic (exact) mass is 443 g/mol. The summed E-state index contributed by atoms with van der Waals surface area (Å²) in [6, 6.07) is 11.1. The highest BCUT2D eigenvalue weighted by molar-refractivity contribution is 5.69. The molecule has 166 valence electrons. The van der Waals surface area contributed by atoms with Gasteiger partial charge in [0.15, 0.2) is 17.5 Å². The Balaban J connectivity index is 1.68. The minimum atomic E-state index is -0.759. The number of rotatable bonds is 6. The van der Waals surface area contributed by atoms with Gasteiger partial charge in [0.25, 0.3) is 0 Å². The minimum absolute atomic E-state index is 0.0380. The maximum Gasteiger partial charge on any atom is 0.193 e. The van der Waals surface area contributed by atoms with Crippen molar-refractivity contribution in [3.05, 3.63) is 70.9 Å². The first-order valence-corrected chi connectivity index (χ1v) is 10.2. The van der Waals surface area contributed by atoms with Gasteiger partial charge in [0.1, 0.15) is 11.4 Å². The summed E-state index contributed by atoms with van der Waals surface area (Å²) in [5, 5.41) is 8.19. The molecule has 1 atom stereocenters. The van der Waals surface area contributed by atoms with E-state index >= 15 is 0 Å². The van der Waals surface area contributed by atoms with Crippen molar-refractivity contribution in [2.75, 3.05) is 12.8 Å². The van der Waals surface area contributed by atoms with E-state index < -0.39 is 5.82 Å². The van der Waals surface area contributed by atoms with Crippen molar-refractivity contribution >= 4 is 5.82 Å². The second-order valence-corrected chi connectivity index (χ2v) is 7.45. The lowest BCUT2D eigenvalue weighted by atomic mass is 10.0. The highest BCUT2D eigenvalue weighted by atomic mass is 19.1. The minimum Gasteiger partial charge on any atom is -0.381 e. The molecule has 4 rings (SSSR count). The van der Waals surface area contributed by atoms with Crippen molar-refractivity contribution < 1.29 is 9.13 Å². The molecule has 3 heterocycles. The Kier molecular flexibility index (Phi) is 6.11. The van der Waals surface area contributed by atoms with Gasteiger partial charge in [-0.3, -0.25) is 4.98 Å². The largest absolute Gasteiger partial charge is 0.381 e. The second-order valence-electron chi connectivity index (χ2n) is 7.45. The van der Waals surface area contributed by atoms with E-state index in [-0.39, 0.29) is 29.1 Å². The van der Waals surface area contributed by atoms with Crippen LogP contribution in [0.4, 0.5) is 10.2 Å². The first-order chi connectivity index (χ1) is 15.9. The normalized spacial score (nSPS) is 11.8. The molecule has 0 radical (unpaired) electrons. The zero-order valence-corrected chi connectivity index (χ0v) is 18.5. The van der Waals surface area contributed by atoms with Crippen LogP contribution in [0.1, 0.15) is 35.5 Å². The molecule has 3 aromatic heterocycles. The summed E-state index contributed by atoms with van der Waals surface area (Å²) >= 11 is 0. The van der Waals surface area contributed by atoms with E-state index in [1.54, 1.807) is 24.1 Å². The molecule has 0 fully saturated rings. The van der Waals surface area contributed by atoms with Gasteiger partial charge in [-0.1, -0.05) is 29.3 Å². The number of terminal acetylenes is 1. The van der Waals surface area contributed by atoms with Crippen LogP contribution in [0.3, 0.4) is 0 Å². The van der Waals surface area contributed by atoms with Gasteiger partial charge >= 0.3 is 0 Å². The number of pyridine rings is 1. The smallest absolute Gasteiger partial charge is 0.193 e. The number of halogens is 1. The van der Waals surface area contributed by atoms with Crippen LogP contribution in [0.2, 0.25) is 0 Å². The van der Waals surface area contributed by atoms with Gasteiger partial charge in [-0.05, 0) is 37.6 Å². The predicted molar refractivity (Wildman–Crippen MR) is 122 cm³/mol. The third-order valence-corrected chi connectivity index (χ3v) is 5.31. The molecule has 1 unspecified atom stereocenters. The SMILES string of the molecule is C#Cc1cccc(-c2nc(N)c(F)c(-c3cn(Cc4cccc(C(C)OC)n4)nn3)n2)c1C. The topological polar surface area (TPSA) is 105 Å². The van der Waals surface area contributed by atoms with Crippen molar-refractivity contribution in [3.8, 4) is 35.1 Å². The van der Waals surface area contributed by atoms with E-state index in [1.165, 1.54) is 0 Å². The Bertz CT molecular complexity index is 1360. The summed E-state index contributed by atoms with van der Waals surface area (Å²) in [7, 11) is 1.63. The summed E-state index contributed by atoms with van der Waals surface area (Å²) in [6.45, 7) is 4.12. The fourth-order valence-electron chi connectivity index (χ4n) is 3.37. The third-order valence-electron chi connectivity index (χ3n) is 5.31. The van der Waals surface area contributed by atoms with Crippen LogP contribution in [-0.2, 0) is 11.3 Å². The van der Waals surface area contributed by atoms with E-state index in [9.17, 15) is 4.39 Å². The van der Waals surface area contributed by atoms with E-state index in [0.717, 1.165) is 17.0 Å². The Labute approximate surface area is 190 Å². The number of hydrogen-bond acceptors (Lipinski definition) is 7. The average Bonchev–Trinajstić information content (AvgIpc) is 3.28.